The predicted molar refractivity (Wildman–Crippen MR) is 82.1 cm³/mol. The zero-order valence-electron chi connectivity index (χ0n) is 12.5. The third-order valence-electron chi connectivity index (χ3n) is 4.72. The molecule has 1 saturated heterocycles. The fraction of sp³-hybridized carbons (Fsp3) is 0.529. The highest BCUT2D eigenvalue weighted by Gasteiger charge is 2.46. The predicted octanol–water partition coefficient (Wildman–Crippen LogP) is 2.41. The Labute approximate surface area is 125 Å². The summed E-state index contributed by atoms with van der Waals surface area (Å²) in [6.45, 7) is 2.57. The van der Waals surface area contributed by atoms with E-state index in [1.165, 1.54) is 0 Å². The number of hydrogen-bond donors (Lipinski definition) is 1. The fourth-order valence-electron chi connectivity index (χ4n) is 3.58. The highest BCUT2D eigenvalue weighted by atomic mass is 16.2. The van der Waals surface area contributed by atoms with Gasteiger partial charge in [-0.05, 0) is 30.9 Å². The molecule has 0 radical (unpaired) electrons. The number of para-hydroxylation sites is 1. The standard InChI is InChI=1S/C17H22N2O2/c1-2-13-7-3-4-8-14(13)19-12-9-15(20)18-17(16(19)21)10-5-6-11-17/h3-4,7-8H,2,5-6,9-12H2,1H3,(H,18,20). The Balaban J connectivity index is 2.01. The quantitative estimate of drug-likeness (QED) is 0.907. The zero-order chi connectivity index (χ0) is 14.9. The van der Waals surface area contributed by atoms with Gasteiger partial charge >= 0.3 is 0 Å². The first kappa shape index (κ1) is 14.1. The summed E-state index contributed by atoms with van der Waals surface area (Å²) >= 11 is 0. The zero-order valence-corrected chi connectivity index (χ0v) is 12.5. The number of anilines is 1. The van der Waals surface area contributed by atoms with Crippen LogP contribution in [0.2, 0.25) is 0 Å². The number of amides is 2. The van der Waals surface area contributed by atoms with E-state index in [4.69, 9.17) is 0 Å². The minimum absolute atomic E-state index is 0.00160. The topological polar surface area (TPSA) is 49.4 Å². The van der Waals surface area contributed by atoms with E-state index in [2.05, 4.69) is 18.3 Å². The van der Waals surface area contributed by atoms with Gasteiger partial charge in [-0.2, -0.15) is 0 Å². The number of carbonyl (C=O) groups excluding carboxylic acids is 2. The van der Waals surface area contributed by atoms with Gasteiger partial charge in [0.2, 0.25) is 5.91 Å². The lowest BCUT2D eigenvalue weighted by Crippen LogP contribution is -2.55. The van der Waals surface area contributed by atoms with Crippen LogP contribution < -0.4 is 10.2 Å². The number of nitrogens with zero attached hydrogens (tertiary/aromatic N) is 1. The van der Waals surface area contributed by atoms with E-state index in [-0.39, 0.29) is 11.8 Å². The molecule has 2 amide bonds. The van der Waals surface area contributed by atoms with Crippen molar-refractivity contribution in [3.05, 3.63) is 29.8 Å². The molecular formula is C17H22N2O2. The Morgan fingerprint density at radius 2 is 1.90 bits per heavy atom. The molecule has 0 unspecified atom stereocenters. The molecule has 2 fully saturated rings. The molecule has 0 bridgehead atoms. The van der Waals surface area contributed by atoms with E-state index >= 15 is 0 Å². The fourth-order valence-corrected chi connectivity index (χ4v) is 3.58. The van der Waals surface area contributed by atoms with Crippen LogP contribution in [-0.2, 0) is 16.0 Å². The van der Waals surface area contributed by atoms with Crippen LogP contribution in [0.3, 0.4) is 0 Å². The highest BCUT2D eigenvalue weighted by molar-refractivity contribution is 6.04. The summed E-state index contributed by atoms with van der Waals surface area (Å²) in [5, 5.41) is 3.01. The van der Waals surface area contributed by atoms with Gasteiger partial charge in [0.05, 0.1) is 0 Å². The van der Waals surface area contributed by atoms with Gasteiger partial charge in [-0.1, -0.05) is 38.0 Å². The van der Waals surface area contributed by atoms with Crippen LogP contribution >= 0.6 is 0 Å². The molecule has 0 aromatic heterocycles. The minimum atomic E-state index is -0.658. The third-order valence-corrected chi connectivity index (χ3v) is 4.72. The molecule has 1 heterocycles. The Morgan fingerprint density at radius 1 is 1.19 bits per heavy atom. The van der Waals surface area contributed by atoms with Crippen LogP contribution in [0.15, 0.2) is 24.3 Å². The van der Waals surface area contributed by atoms with Crippen LogP contribution in [-0.4, -0.2) is 23.9 Å². The number of rotatable bonds is 2. The maximum absolute atomic E-state index is 13.1. The summed E-state index contributed by atoms with van der Waals surface area (Å²) in [7, 11) is 0. The van der Waals surface area contributed by atoms with Crippen molar-refractivity contribution in [3.63, 3.8) is 0 Å². The van der Waals surface area contributed by atoms with E-state index in [0.717, 1.165) is 43.4 Å². The summed E-state index contributed by atoms with van der Waals surface area (Å²) in [5.74, 6) is 0.0773. The Kier molecular flexibility index (Phi) is 3.70. The van der Waals surface area contributed by atoms with Gasteiger partial charge in [0.1, 0.15) is 5.54 Å². The van der Waals surface area contributed by atoms with Crippen molar-refractivity contribution in [3.8, 4) is 0 Å². The molecule has 4 nitrogen and oxygen atoms in total. The van der Waals surface area contributed by atoms with E-state index < -0.39 is 5.54 Å². The average molecular weight is 286 g/mol. The monoisotopic (exact) mass is 286 g/mol. The Morgan fingerprint density at radius 3 is 2.62 bits per heavy atom. The summed E-state index contributed by atoms with van der Waals surface area (Å²) < 4.78 is 0. The maximum Gasteiger partial charge on any atom is 0.252 e. The molecule has 1 spiro atoms. The van der Waals surface area contributed by atoms with E-state index in [0.29, 0.717) is 13.0 Å². The average Bonchev–Trinajstić information content (AvgIpc) is 2.92. The van der Waals surface area contributed by atoms with Crippen molar-refractivity contribution < 1.29 is 9.59 Å². The SMILES string of the molecule is CCc1ccccc1N1CCC(=O)NC2(CCCC2)C1=O. The van der Waals surface area contributed by atoms with E-state index in [9.17, 15) is 9.59 Å². The van der Waals surface area contributed by atoms with E-state index in [1.54, 1.807) is 0 Å². The lowest BCUT2D eigenvalue weighted by molar-refractivity contribution is -0.129. The van der Waals surface area contributed by atoms with Crippen LogP contribution in [0.5, 0.6) is 0 Å². The smallest absolute Gasteiger partial charge is 0.252 e. The first-order chi connectivity index (χ1) is 10.2. The maximum atomic E-state index is 13.1. The molecule has 3 rings (SSSR count). The van der Waals surface area contributed by atoms with Crippen LogP contribution in [0.4, 0.5) is 5.69 Å². The Bertz CT molecular complexity index is 562. The van der Waals surface area contributed by atoms with Gasteiger partial charge in [0.25, 0.3) is 5.91 Å². The van der Waals surface area contributed by atoms with Gasteiger partial charge in [-0.15, -0.1) is 0 Å². The van der Waals surface area contributed by atoms with Crippen molar-refractivity contribution in [1.29, 1.82) is 0 Å². The van der Waals surface area contributed by atoms with Crippen LogP contribution in [0.25, 0.3) is 0 Å². The minimum Gasteiger partial charge on any atom is -0.342 e. The second-order valence-corrected chi connectivity index (χ2v) is 6.03. The Hall–Kier alpha value is -1.84. The summed E-state index contributed by atoms with van der Waals surface area (Å²) in [4.78, 5) is 27.0. The van der Waals surface area contributed by atoms with Crippen LogP contribution in [0, 0.1) is 0 Å². The molecule has 21 heavy (non-hydrogen) atoms. The summed E-state index contributed by atoms with van der Waals surface area (Å²) in [6, 6.07) is 8.02. The summed E-state index contributed by atoms with van der Waals surface area (Å²) in [6.07, 6.45) is 4.81. The van der Waals surface area contributed by atoms with Crippen molar-refractivity contribution in [1.82, 2.24) is 5.32 Å². The first-order valence-corrected chi connectivity index (χ1v) is 7.87. The van der Waals surface area contributed by atoms with Gasteiger partial charge in [0, 0.05) is 18.7 Å². The number of carbonyl (C=O) groups is 2. The molecule has 1 aliphatic heterocycles. The van der Waals surface area contributed by atoms with Crippen molar-refractivity contribution in [2.75, 3.05) is 11.4 Å². The number of aryl methyl sites for hydroxylation is 1. The first-order valence-electron chi connectivity index (χ1n) is 7.87. The van der Waals surface area contributed by atoms with Gasteiger partial charge < -0.3 is 10.2 Å². The molecular weight excluding hydrogens is 264 g/mol. The molecule has 1 N–H and O–H groups in total. The van der Waals surface area contributed by atoms with Gasteiger partial charge in [-0.25, -0.2) is 0 Å². The lowest BCUT2D eigenvalue weighted by atomic mass is 9.95. The number of benzene rings is 1. The largest absolute Gasteiger partial charge is 0.342 e. The summed E-state index contributed by atoms with van der Waals surface area (Å²) in [5.41, 5.74) is 1.47. The number of nitrogens with one attached hydrogen (secondary N) is 1. The molecule has 1 saturated carbocycles. The molecule has 4 heteroatoms. The van der Waals surface area contributed by atoms with Gasteiger partial charge in [-0.3, -0.25) is 9.59 Å². The molecule has 112 valence electrons. The molecule has 1 aliphatic carbocycles. The van der Waals surface area contributed by atoms with Gasteiger partial charge in [0.15, 0.2) is 0 Å². The van der Waals surface area contributed by atoms with E-state index in [1.807, 2.05) is 23.1 Å². The van der Waals surface area contributed by atoms with Crippen molar-refractivity contribution in [2.24, 2.45) is 0 Å². The molecule has 1 aromatic rings. The second kappa shape index (κ2) is 5.51. The van der Waals surface area contributed by atoms with Crippen molar-refractivity contribution >= 4 is 17.5 Å². The molecule has 0 atom stereocenters. The second-order valence-electron chi connectivity index (χ2n) is 6.03. The van der Waals surface area contributed by atoms with Crippen molar-refractivity contribution in [2.45, 2.75) is 51.0 Å². The third kappa shape index (κ3) is 2.43. The van der Waals surface area contributed by atoms with Crippen LogP contribution in [0.1, 0.15) is 44.6 Å². The highest BCUT2D eigenvalue weighted by Crippen LogP contribution is 2.35. The molecule has 1 aromatic carbocycles. The number of hydrogen-bond acceptors (Lipinski definition) is 2. The normalized spacial score (nSPS) is 21.5. The molecule has 2 aliphatic rings. The lowest BCUT2D eigenvalue weighted by Gasteiger charge is -2.32.